The summed E-state index contributed by atoms with van der Waals surface area (Å²) in [4.78, 5) is 12.9. The van der Waals surface area contributed by atoms with Crippen LogP contribution in [0.15, 0.2) is 65.6 Å². The second-order valence-electron chi connectivity index (χ2n) is 7.83. The van der Waals surface area contributed by atoms with Crippen molar-refractivity contribution in [2.24, 2.45) is 0 Å². The largest absolute Gasteiger partial charge is 0.493 e. The highest BCUT2D eigenvalue weighted by Gasteiger charge is 2.28. The van der Waals surface area contributed by atoms with Gasteiger partial charge in [-0.05, 0) is 48.9 Å². The smallest absolute Gasteiger partial charge is 0.264 e. The van der Waals surface area contributed by atoms with E-state index in [1.165, 1.54) is 32.4 Å². The van der Waals surface area contributed by atoms with Crippen LogP contribution in [0, 0.1) is 6.92 Å². The van der Waals surface area contributed by atoms with Gasteiger partial charge in [0.2, 0.25) is 12.7 Å². The van der Waals surface area contributed by atoms with E-state index in [1.54, 1.807) is 36.4 Å². The predicted molar refractivity (Wildman–Crippen MR) is 130 cm³/mol. The molecule has 0 atom stereocenters. The van der Waals surface area contributed by atoms with Crippen LogP contribution in [0.25, 0.3) is 0 Å². The maximum Gasteiger partial charge on any atom is 0.264 e. The second-order valence-corrected chi connectivity index (χ2v) is 9.69. The lowest BCUT2D eigenvalue weighted by Gasteiger charge is -2.24. The lowest BCUT2D eigenvalue weighted by Crippen LogP contribution is -2.40. The van der Waals surface area contributed by atoms with Crippen molar-refractivity contribution >= 4 is 21.6 Å². The molecule has 35 heavy (non-hydrogen) atoms. The Morgan fingerprint density at radius 2 is 1.66 bits per heavy atom. The minimum atomic E-state index is -4.11. The van der Waals surface area contributed by atoms with E-state index in [2.05, 4.69) is 5.32 Å². The lowest BCUT2D eigenvalue weighted by molar-refractivity contribution is -0.119. The molecule has 1 aliphatic rings. The van der Waals surface area contributed by atoms with Gasteiger partial charge in [0.15, 0.2) is 23.0 Å². The van der Waals surface area contributed by atoms with Crippen LogP contribution < -0.4 is 28.6 Å². The number of methoxy groups -OCH3 is 2. The molecule has 1 amide bonds. The average Bonchev–Trinajstić information content (AvgIpc) is 3.34. The topological polar surface area (TPSA) is 103 Å². The molecule has 0 radical (unpaired) electrons. The highest BCUT2D eigenvalue weighted by Crippen LogP contribution is 2.33. The SMILES string of the molecule is COc1ccc(S(=O)(=O)N(CC(=O)NCc2ccc3c(c2)OCO3)c2ccc(C)cc2)cc1OC. The Balaban J connectivity index is 1.58. The Morgan fingerprint density at radius 1 is 0.943 bits per heavy atom. The maximum absolute atomic E-state index is 13.6. The van der Waals surface area contributed by atoms with E-state index in [9.17, 15) is 13.2 Å². The number of rotatable bonds is 9. The average molecular weight is 499 g/mol. The molecule has 4 rings (SSSR count). The first kappa shape index (κ1) is 24.2. The van der Waals surface area contributed by atoms with Crippen molar-refractivity contribution in [1.82, 2.24) is 5.32 Å². The van der Waals surface area contributed by atoms with Gasteiger partial charge in [0, 0.05) is 12.6 Å². The Morgan fingerprint density at radius 3 is 2.37 bits per heavy atom. The van der Waals surface area contributed by atoms with Crippen LogP contribution in [0.4, 0.5) is 5.69 Å². The Labute approximate surface area is 204 Å². The van der Waals surface area contributed by atoms with Crippen molar-refractivity contribution in [3.63, 3.8) is 0 Å². The number of benzene rings is 3. The summed E-state index contributed by atoms with van der Waals surface area (Å²) < 4.78 is 49.5. The fourth-order valence-corrected chi connectivity index (χ4v) is 5.01. The maximum atomic E-state index is 13.6. The molecule has 0 bridgehead atoms. The van der Waals surface area contributed by atoms with Crippen molar-refractivity contribution in [3.8, 4) is 23.0 Å². The predicted octanol–water partition coefficient (Wildman–Crippen LogP) is 3.25. The standard InChI is InChI=1S/C25H26N2O7S/c1-17-4-7-19(8-5-17)27(35(29,30)20-9-11-21(31-2)23(13-20)32-3)15-25(28)26-14-18-6-10-22-24(12-18)34-16-33-22/h4-13H,14-16H2,1-3H3,(H,26,28). The minimum absolute atomic E-state index is 0.0284. The van der Waals surface area contributed by atoms with Gasteiger partial charge in [-0.3, -0.25) is 9.10 Å². The zero-order valence-electron chi connectivity index (χ0n) is 19.6. The molecule has 0 saturated heterocycles. The summed E-state index contributed by atoms with van der Waals surface area (Å²) in [5.74, 6) is 1.45. The molecule has 0 saturated carbocycles. The number of sulfonamides is 1. The number of anilines is 1. The van der Waals surface area contributed by atoms with E-state index in [4.69, 9.17) is 18.9 Å². The molecule has 0 aromatic heterocycles. The third-order valence-electron chi connectivity index (χ3n) is 5.48. The molecular formula is C25H26N2O7S. The fraction of sp³-hybridized carbons (Fsp3) is 0.240. The number of hydrogen-bond donors (Lipinski definition) is 1. The van der Waals surface area contributed by atoms with Crippen LogP contribution in [-0.4, -0.2) is 41.9 Å². The number of aryl methyl sites for hydroxylation is 1. The number of ether oxygens (including phenoxy) is 4. The number of amides is 1. The first-order valence-corrected chi connectivity index (χ1v) is 12.2. The van der Waals surface area contributed by atoms with E-state index in [0.717, 1.165) is 15.4 Å². The molecule has 0 fully saturated rings. The lowest BCUT2D eigenvalue weighted by atomic mass is 10.2. The Kier molecular flexibility index (Phi) is 7.02. The highest BCUT2D eigenvalue weighted by molar-refractivity contribution is 7.92. The minimum Gasteiger partial charge on any atom is -0.493 e. The molecule has 3 aromatic carbocycles. The number of fused-ring (bicyclic) bond motifs is 1. The van der Waals surface area contributed by atoms with Crippen LogP contribution in [0.1, 0.15) is 11.1 Å². The summed E-state index contributed by atoms with van der Waals surface area (Å²) in [6, 6.07) is 16.6. The van der Waals surface area contributed by atoms with Gasteiger partial charge < -0.3 is 24.3 Å². The van der Waals surface area contributed by atoms with Gasteiger partial charge in [-0.1, -0.05) is 23.8 Å². The molecule has 1 N–H and O–H groups in total. The van der Waals surface area contributed by atoms with Crippen molar-refractivity contribution < 1.29 is 32.2 Å². The zero-order chi connectivity index (χ0) is 25.0. The molecule has 0 aliphatic carbocycles. The van der Waals surface area contributed by atoms with Crippen LogP contribution in [-0.2, 0) is 21.4 Å². The Hall–Kier alpha value is -3.92. The van der Waals surface area contributed by atoms with E-state index in [1.807, 2.05) is 13.0 Å². The third kappa shape index (κ3) is 5.27. The summed E-state index contributed by atoms with van der Waals surface area (Å²) in [5, 5.41) is 2.78. The van der Waals surface area contributed by atoms with Crippen LogP contribution in [0.2, 0.25) is 0 Å². The number of carbonyl (C=O) groups excluding carboxylic acids is 1. The number of nitrogens with one attached hydrogen (secondary N) is 1. The molecule has 9 nitrogen and oxygen atoms in total. The summed E-state index contributed by atoms with van der Waals surface area (Å²) in [7, 11) is -1.22. The van der Waals surface area contributed by atoms with Crippen molar-refractivity contribution in [2.45, 2.75) is 18.4 Å². The molecule has 1 heterocycles. The molecule has 0 spiro atoms. The van der Waals surface area contributed by atoms with Crippen molar-refractivity contribution in [2.75, 3.05) is 31.9 Å². The van der Waals surface area contributed by atoms with E-state index in [0.29, 0.717) is 22.9 Å². The zero-order valence-corrected chi connectivity index (χ0v) is 20.4. The normalized spacial score (nSPS) is 12.2. The molecular weight excluding hydrogens is 472 g/mol. The summed E-state index contributed by atoms with van der Waals surface area (Å²) in [6.45, 7) is 1.84. The fourth-order valence-electron chi connectivity index (χ4n) is 3.57. The van der Waals surface area contributed by atoms with Crippen LogP contribution in [0.3, 0.4) is 0 Å². The molecule has 1 aliphatic heterocycles. The van der Waals surface area contributed by atoms with E-state index in [-0.39, 0.29) is 24.0 Å². The van der Waals surface area contributed by atoms with Crippen molar-refractivity contribution in [3.05, 3.63) is 71.8 Å². The number of hydrogen-bond acceptors (Lipinski definition) is 7. The highest BCUT2D eigenvalue weighted by atomic mass is 32.2. The van der Waals surface area contributed by atoms with E-state index < -0.39 is 22.5 Å². The van der Waals surface area contributed by atoms with Gasteiger partial charge in [0.05, 0.1) is 24.8 Å². The second kappa shape index (κ2) is 10.1. The van der Waals surface area contributed by atoms with Gasteiger partial charge in [-0.25, -0.2) is 8.42 Å². The number of nitrogens with zero attached hydrogens (tertiary/aromatic N) is 1. The monoisotopic (exact) mass is 498 g/mol. The molecule has 10 heteroatoms. The van der Waals surface area contributed by atoms with Gasteiger partial charge in [-0.2, -0.15) is 0 Å². The first-order valence-electron chi connectivity index (χ1n) is 10.8. The van der Waals surface area contributed by atoms with E-state index >= 15 is 0 Å². The molecule has 184 valence electrons. The summed E-state index contributed by atoms with van der Waals surface area (Å²) in [5.41, 5.74) is 2.13. The van der Waals surface area contributed by atoms with Crippen LogP contribution >= 0.6 is 0 Å². The summed E-state index contributed by atoms with van der Waals surface area (Å²) in [6.07, 6.45) is 0. The van der Waals surface area contributed by atoms with Crippen LogP contribution in [0.5, 0.6) is 23.0 Å². The number of carbonyl (C=O) groups is 1. The summed E-state index contributed by atoms with van der Waals surface area (Å²) >= 11 is 0. The third-order valence-corrected chi connectivity index (χ3v) is 7.25. The van der Waals surface area contributed by atoms with Gasteiger partial charge in [0.1, 0.15) is 6.54 Å². The molecule has 0 unspecified atom stereocenters. The van der Waals surface area contributed by atoms with Crippen molar-refractivity contribution in [1.29, 1.82) is 0 Å². The van der Waals surface area contributed by atoms with Gasteiger partial charge in [-0.15, -0.1) is 0 Å². The molecule has 3 aromatic rings. The first-order chi connectivity index (χ1) is 16.8. The van der Waals surface area contributed by atoms with Gasteiger partial charge >= 0.3 is 0 Å². The van der Waals surface area contributed by atoms with Gasteiger partial charge in [0.25, 0.3) is 10.0 Å². The quantitative estimate of drug-likeness (QED) is 0.483. The Bertz CT molecular complexity index is 1320.